The van der Waals surface area contributed by atoms with E-state index in [4.69, 9.17) is 0 Å². The maximum Gasteiger partial charge on any atom is 0.389 e. The highest BCUT2D eigenvalue weighted by Crippen LogP contribution is 2.33. The third-order valence-electron chi connectivity index (χ3n) is 3.49. The van der Waals surface area contributed by atoms with Gasteiger partial charge in [0, 0.05) is 11.8 Å². The fraction of sp³-hybridized carbons (Fsp3) is 0.800. The van der Waals surface area contributed by atoms with Crippen molar-refractivity contribution in [2.45, 2.75) is 71.0 Å². The van der Waals surface area contributed by atoms with Gasteiger partial charge in [-0.05, 0) is 38.6 Å². The number of halogens is 3. The van der Waals surface area contributed by atoms with E-state index in [0.717, 1.165) is 23.7 Å². The molecule has 0 bridgehead atoms. The van der Waals surface area contributed by atoms with Gasteiger partial charge in [-0.1, -0.05) is 20.8 Å². The third kappa shape index (κ3) is 5.94. The van der Waals surface area contributed by atoms with Crippen LogP contribution in [0.5, 0.6) is 0 Å². The SMILES string of the molecule is CCCNC(C)(CCCC(F)(F)F)c1nc(C(C)C)cs1. The third-order valence-corrected chi connectivity index (χ3v) is 4.61. The maximum absolute atomic E-state index is 12.4. The van der Waals surface area contributed by atoms with Gasteiger partial charge >= 0.3 is 6.18 Å². The largest absolute Gasteiger partial charge is 0.389 e. The monoisotopic (exact) mass is 322 g/mol. The Balaban J connectivity index is 2.80. The Kier molecular flexibility index (Phi) is 6.66. The number of nitrogens with one attached hydrogen (secondary N) is 1. The van der Waals surface area contributed by atoms with Gasteiger partial charge in [0.1, 0.15) is 5.01 Å². The van der Waals surface area contributed by atoms with Crippen molar-refractivity contribution in [3.8, 4) is 0 Å². The first-order chi connectivity index (χ1) is 9.68. The molecule has 21 heavy (non-hydrogen) atoms. The minimum atomic E-state index is -4.09. The molecule has 6 heteroatoms. The first-order valence-electron chi connectivity index (χ1n) is 7.45. The van der Waals surface area contributed by atoms with Crippen LogP contribution in [-0.2, 0) is 5.54 Å². The molecule has 122 valence electrons. The first-order valence-corrected chi connectivity index (χ1v) is 8.33. The molecule has 0 aliphatic rings. The lowest BCUT2D eigenvalue weighted by atomic mass is 9.95. The summed E-state index contributed by atoms with van der Waals surface area (Å²) < 4.78 is 37.1. The molecule has 0 aliphatic heterocycles. The van der Waals surface area contributed by atoms with Gasteiger partial charge in [-0.2, -0.15) is 13.2 Å². The maximum atomic E-state index is 12.4. The highest BCUT2D eigenvalue weighted by Gasteiger charge is 2.32. The van der Waals surface area contributed by atoms with Crippen molar-refractivity contribution in [1.29, 1.82) is 0 Å². The molecule has 1 rings (SSSR count). The standard InChI is InChI=1S/C15H25F3N2S/c1-5-9-19-14(4,7-6-8-15(16,17)18)13-20-12(10-21-13)11(2)3/h10-11,19H,5-9H2,1-4H3. The van der Waals surface area contributed by atoms with Crippen molar-refractivity contribution in [1.82, 2.24) is 10.3 Å². The van der Waals surface area contributed by atoms with E-state index in [2.05, 4.69) is 24.1 Å². The molecule has 1 heterocycles. The molecule has 1 unspecified atom stereocenters. The van der Waals surface area contributed by atoms with Crippen LogP contribution < -0.4 is 5.32 Å². The predicted octanol–water partition coefficient (Wildman–Crippen LogP) is 5.21. The van der Waals surface area contributed by atoms with Gasteiger partial charge in [0.05, 0.1) is 11.2 Å². The summed E-state index contributed by atoms with van der Waals surface area (Å²) in [5, 5.41) is 6.28. The Morgan fingerprint density at radius 1 is 1.29 bits per heavy atom. The Labute approximate surface area is 129 Å². The van der Waals surface area contributed by atoms with Gasteiger partial charge in [-0.15, -0.1) is 11.3 Å². The van der Waals surface area contributed by atoms with Crippen LogP contribution in [0.4, 0.5) is 13.2 Å². The van der Waals surface area contributed by atoms with E-state index in [9.17, 15) is 13.2 Å². The molecule has 0 aliphatic carbocycles. The molecule has 1 N–H and O–H groups in total. The number of alkyl halides is 3. The van der Waals surface area contributed by atoms with Crippen LogP contribution in [0.25, 0.3) is 0 Å². The summed E-state index contributed by atoms with van der Waals surface area (Å²) >= 11 is 1.54. The van der Waals surface area contributed by atoms with E-state index in [1.807, 2.05) is 19.2 Å². The molecule has 0 amide bonds. The van der Waals surface area contributed by atoms with E-state index in [1.165, 1.54) is 11.3 Å². The van der Waals surface area contributed by atoms with Crippen LogP contribution in [0.1, 0.15) is 70.0 Å². The topological polar surface area (TPSA) is 24.9 Å². The Morgan fingerprint density at radius 3 is 2.43 bits per heavy atom. The van der Waals surface area contributed by atoms with Gasteiger partial charge in [-0.25, -0.2) is 4.98 Å². The number of aromatic nitrogens is 1. The second kappa shape index (κ2) is 7.58. The Morgan fingerprint density at radius 2 is 1.95 bits per heavy atom. The van der Waals surface area contributed by atoms with Crippen molar-refractivity contribution >= 4 is 11.3 Å². The number of hydrogen-bond donors (Lipinski definition) is 1. The molecular weight excluding hydrogens is 297 g/mol. The lowest BCUT2D eigenvalue weighted by molar-refractivity contribution is -0.136. The van der Waals surface area contributed by atoms with Crippen LogP contribution in [0.3, 0.4) is 0 Å². The number of nitrogens with zero attached hydrogens (tertiary/aromatic N) is 1. The van der Waals surface area contributed by atoms with Crippen LogP contribution in [0.15, 0.2) is 5.38 Å². The molecule has 0 aromatic carbocycles. The molecule has 0 saturated carbocycles. The Hall–Kier alpha value is -0.620. The normalized spacial score (nSPS) is 15.4. The van der Waals surface area contributed by atoms with Crippen LogP contribution in [-0.4, -0.2) is 17.7 Å². The fourth-order valence-corrected chi connectivity index (χ4v) is 3.27. The van der Waals surface area contributed by atoms with Crippen molar-refractivity contribution in [3.63, 3.8) is 0 Å². The van der Waals surface area contributed by atoms with Crippen molar-refractivity contribution in [3.05, 3.63) is 16.1 Å². The van der Waals surface area contributed by atoms with Crippen molar-refractivity contribution in [2.24, 2.45) is 0 Å². The fourth-order valence-electron chi connectivity index (χ4n) is 2.12. The zero-order valence-electron chi connectivity index (χ0n) is 13.2. The number of rotatable bonds is 8. The quantitative estimate of drug-likeness (QED) is 0.710. The summed E-state index contributed by atoms with van der Waals surface area (Å²) in [5.74, 6) is 0.334. The van der Waals surface area contributed by atoms with E-state index in [-0.39, 0.29) is 6.42 Å². The molecule has 0 spiro atoms. The lowest BCUT2D eigenvalue weighted by Crippen LogP contribution is -2.40. The van der Waals surface area contributed by atoms with Crippen LogP contribution >= 0.6 is 11.3 Å². The Bertz CT molecular complexity index is 429. The van der Waals surface area contributed by atoms with E-state index in [0.29, 0.717) is 12.3 Å². The van der Waals surface area contributed by atoms with Gasteiger partial charge in [0.15, 0.2) is 0 Å². The van der Waals surface area contributed by atoms with Crippen molar-refractivity contribution in [2.75, 3.05) is 6.54 Å². The van der Waals surface area contributed by atoms with Gasteiger partial charge < -0.3 is 5.32 Å². The van der Waals surface area contributed by atoms with Crippen LogP contribution in [0, 0.1) is 0 Å². The average molecular weight is 322 g/mol. The lowest BCUT2D eigenvalue weighted by Gasteiger charge is -2.29. The number of thiazole rings is 1. The molecule has 0 saturated heterocycles. The second-order valence-corrected chi connectivity index (χ2v) is 6.82. The number of hydrogen-bond acceptors (Lipinski definition) is 3. The highest BCUT2D eigenvalue weighted by molar-refractivity contribution is 7.09. The van der Waals surface area contributed by atoms with Gasteiger partial charge in [-0.3, -0.25) is 0 Å². The van der Waals surface area contributed by atoms with E-state index < -0.39 is 18.1 Å². The van der Waals surface area contributed by atoms with Crippen molar-refractivity contribution < 1.29 is 13.2 Å². The molecule has 0 fully saturated rings. The average Bonchev–Trinajstić information content (AvgIpc) is 2.85. The summed E-state index contributed by atoms with van der Waals surface area (Å²) in [6.45, 7) is 8.92. The predicted molar refractivity (Wildman–Crippen MR) is 81.8 cm³/mol. The summed E-state index contributed by atoms with van der Waals surface area (Å²) in [6, 6.07) is 0. The molecule has 0 radical (unpaired) electrons. The summed E-state index contributed by atoms with van der Waals surface area (Å²) in [4.78, 5) is 4.62. The molecule has 2 nitrogen and oxygen atoms in total. The highest BCUT2D eigenvalue weighted by atomic mass is 32.1. The smallest absolute Gasteiger partial charge is 0.306 e. The van der Waals surface area contributed by atoms with E-state index in [1.54, 1.807) is 0 Å². The molecule has 1 aromatic heterocycles. The van der Waals surface area contributed by atoms with E-state index >= 15 is 0 Å². The summed E-state index contributed by atoms with van der Waals surface area (Å²) in [6.07, 6.45) is -3.32. The first kappa shape index (κ1) is 18.4. The second-order valence-electron chi connectivity index (χ2n) is 5.96. The molecule has 1 atom stereocenters. The molecular formula is C15H25F3N2S. The summed E-state index contributed by atoms with van der Waals surface area (Å²) in [7, 11) is 0. The molecule has 1 aromatic rings. The van der Waals surface area contributed by atoms with Gasteiger partial charge in [0.25, 0.3) is 0 Å². The van der Waals surface area contributed by atoms with Crippen LogP contribution in [0.2, 0.25) is 0 Å². The zero-order chi connectivity index (χ0) is 16.1. The summed E-state index contributed by atoms with van der Waals surface area (Å²) in [5.41, 5.74) is 0.536. The minimum Gasteiger partial charge on any atom is -0.306 e. The van der Waals surface area contributed by atoms with Gasteiger partial charge in [0.2, 0.25) is 0 Å². The minimum absolute atomic E-state index is 0.118. The zero-order valence-corrected chi connectivity index (χ0v) is 14.0.